The first-order valence-corrected chi connectivity index (χ1v) is 6.52. The second-order valence-electron chi connectivity index (χ2n) is 3.74. The first-order valence-electron chi connectivity index (χ1n) is 5.27. The number of nitrogens with one attached hydrogen (secondary N) is 1. The van der Waals surface area contributed by atoms with E-state index in [0.717, 1.165) is 11.6 Å². The molecule has 0 aliphatic carbocycles. The van der Waals surface area contributed by atoms with E-state index in [-0.39, 0.29) is 0 Å². The third-order valence-corrected chi connectivity index (χ3v) is 3.80. The standard InChI is InChI=1S/C13H14ClNS/c1-10(13-3-2-8-16-13)15-9-11-4-6-12(14)7-5-11/h2-8,10,15H,9H2,1H3. The lowest BCUT2D eigenvalue weighted by Gasteiger charge is -2.11. The van der Waals surface area contributed by atoms with Crippen molar-refractivity contribution in [3.05, 3.63) is 57.2 Å². The van der Waals surface area contributed by atoms with E-state index in [1.807, 2.05) is 12.1 Å². The average molecular weight is 252 g/mol. The normalized spacial score (nSPS) is 12.6. The van der Waals surface area contributed by atoms with E-state index >= 15 is 0 Å². The van der Waals surface area contributed by atoms with Crippen molar-refractivity contribution in [3.63, 3.8) is 0 Å². The molecule has 0 aliphatic heterocycles. The Morgan fingerprint density at radius 2 is 2.00 bits per heavy atom. The largest absolute Gasteiger partial charge is 0.305 e. The number of halogens is 1. The third-order valence-electron chi connectivity index (χ3n) is 2.50. The van der Waals surface area contributed by atoms with Gasteiger partial charge in [0.15, 0.2) is 0 Å². The fourth-order valence-electron chi connectivity index (χ4n) is 1.51. The molecule has 2 rings (SSSR count). The lowest BCUT2D eigenvalue weighted by molar-refractivity contribution is 0.583. The molecule has 0 saturated heterocycles. The van der Waals surface area contributed by atoms with Gasteiger partial charge in [-0.1, -0.05) is 29.8 Å². The van der Waals surface area contributed by atoms with Crippen LogP contribution in [0, 0.1) is 0 Å². The van der Waals surface area contributed by atoms with Crippen molar-refractivity contribution >= 4 is 22.9 Å². The summed E-state index contributed by atoms with van der Waals surface area (Å²) >= 11 is 7.62. The van der Waals surface area contributed by atoms with E-state index in [1.165, 1.54) is 10.4 Å². The molecule has 84 valence electrons. The van der Waals surface area contributed by atoms with Crippen molar-refractivity contribution in [2.75, 3.05) is 0 Å². The van der Waals surface area contributed by atoms with Crippen molar-refractivity contribution in [1.82, 2.24) is 5.32 Å². The summed E-state index contributed by atoms with van der Waals surface area (Å²) in [6.45, 7) is 3.05. The third kappa shape index (κ3) is 3.08. The van der Waals surface area contributed by atoms with E-state index in [4.69, 9.17) is 11.6 Å². The van der Waals surface area contributed by atoms with Crippen LogP contribution in [0.15, 0.2) is 41.8 Å². The number of thiophene rings is 1. The van der Waals surface area contributed by atoms with E-state index in [0.29, 0.717) is 6.04 Å². The van der Waals surface area contributed by atoms with E-state index < -0.39 is 0 Å². The second-order valence-corrected chi connectivity index (χ2v) is 5.16. The van der Waals surface area contributed by atoms with Gasteiger partial charge in [-0.25, -0.2) is 0 Å². The molecule has 1 atom stereocenters. The minimum absolute atomic E-state index is 0.399. The summed E-state index contributed by atoms with van der Waals surface area (Å²) in [5.41, 5.74) is 1.26. The lowest BCUT2D eigenvalue weighted by atomic mass is 10.2. The first kappa shape index (κ1) is 11.6. The highest BCUT2D eigenvalue weighted by Gasteiger charge is 2.04. The Hall–Kier alpha value is -0.830. The Kier molecular flexibility index (Phi) is 3.99. The molecule has 2 aromatic rings. The summed E-state index contributed by atoms with van der Waals surface area (Å²) in [4.78, 5) is 1.37. The predicted molar refractivity (Wildman–Crippen MR) is 71.0 cm³/mol. The molecule has 0 amide bonds. The van der Waals surface area contributed by atoms with Crippen LogP contribution in [0.4, 0.5) is 0 Å². The molecular formula is C13H14ClNS. The van der Waals surface area contributed by atoms with E-state index in [2.05, 4.69) is 41.9 Å². The Balaban J connectivity index is 1.90. The van der Waals surface area contributed by atoms with Crippen molar-refractivity contribution in [3.8, 4) is 0 Å². The van der Waals surface area contributed by atoms with Gasteiger partial charge in [0.2, 0.25) is 0 Å². The molecule has 0 spiro atoms. The van der Waals surface area contributed by atoms with Gasteiger partial charge in [0.05, 0.1) is 0 Å². The summed E-state index contributed by atoms with van der Waals surface area (Å²) in [6.07, 6.45) is 0. The van der Waals surface area contributed by atoms with Crippen LogP contribution in [0.2, 0.25) is 5.02 Å². The highest BCUT2D eigenvalue weighted by Crippen LogP contribution is 2.18. The Bertz CT molecular complexity index is 422. The molecule has 0 radical (unpaired) electrons. The molecule has 3 heteroatoms. The van der Waals surface area contributed by atoms with Crippen LogP contribution < -0.4 is 5.32 Å². The molecule has 1 aromatic carbocycles. The van der Waals surface area contributed by atoms with Gasteiger partial charge in [0, 0.05) is 22.5 Å². The molecule has 1 unspecified atom stereocenters. The minimum Gasteiger partial charge on any atom is -0.305 e. The van der Waals surface area contributed by atoms with Crippen LogP contribution in [0.3, 0.4) is 0 Å². The maximum absolute atomic E-state index is 5.84. The molecule has 0 aliphatic rings. The van der Waals surface area contributed by atoms with Gasteiger partial charge in [-0.2, -0.15) is 0 Å². The zero-order chi connectivity index (χ0) is 11.4. The van der Waals surface area contributed by atoms with Crippen LogP contribution in [0.25, 0.3) is 0 Å². The maximum atomic E-state index is 5.84. The topological polar surface area (TPSA) is 12.0 Å². The molecule has 1 aromatic heterocycles. The first-order chi connectivity index (χ1) is 7.75. The minimum atomic E-state index is 0.399. The highest BCUT2D eigenvalue weighted by molar-refractivity contribution is 7.10. The molecule has 0 saturated carbocycles. The van der Waals surface area contributed by atoms with Gasteiger partial charge < -0.3 is 5.32 Å². The van der Waals surface area contributed by atoms with Crippen molar-refractivity contribution in [1.29, 1.82) is 0 Å². The summed E-state index contributed by atoms with van der Waals surface area (Å²) < 4.78 is 0. The summed E-state index contributed by atoms with van der Waals surface area (Å²) in [7, 11) is 0. The fraction of sp³-hybridized carbons (Fsp3) is 0.231. The zero-order valence-electron chi connectivity index (χ0n) is 9.11. The Morgan fingerprint density at radius 1 is 1.25 bits per heavy atom. The summed E-state index contributed by atoms with van der Waals surface area (Å²) in [5, 5.41) is 6.38. The summed E-state index contributed by atoms with van der Waals surface area (Å²) in [6, 6.07) is 12.6. The van der Waals surface area contributed by atoms with Gasteiger partial charge in [0.25, 0.3) is 0 Å². The molecule has 16 heavy (non-hydrogen) atoms. The van der Waals surface area contributed by atoms with Gasteiger partial charge >= 0.3 is 0 Å². The molecule has 0 fully saturated rings. The highest BCUT2D eigenvalue weighted by atomic mass is 35.5. The molecule has 1 nitrogen and oxygen atoms in total. The van der Waals surface area contributed by atoms with Crippen molar-refractivity contribution in [2.45, 2.75) is 19.5 Å². The monoisotopic (exact) mass is 251 g/mol. The molecular weight excluding hydrogens is 238 g/mol. The molecule has 0 bridgehead atoms. The van der Waals surface area contributed by atoms with Crippen molar-refractivity contribution in [2.24, 2.45) is 0 Å². The van der Waals surface area contributed by atoms with Crippen LogP contribution >= 0.6 is 22.9 Å². The Labute approximate surface area is 105 Å². The van der Waals surface area contributed by atoms with E-state index in [1.54, 1.807) is 11.3 Å². The average Bonchev–Trinajstić information content (AvgIpc) is 2.81. The predicted octanol–water partition coefficient (Wildman–Crippen LogP) is 4.25. The number of rotatable bonds is 4. The smallest absolute Gasteiger partial charge is 0.0406 e. The summed E-state index contributed by atoms with van der Waals surface area (Å²) in [5.74, 6) is 0. The fourth-order valence-corrected chi connectivity index (χ4v) is 2.40. The van der Waals surface area contributed by atoms with Crippen molar-refractivity contribution < 1.29 is 0 Å². The van der Waals surface area contributed by atoms with Gasteiger partial charge in [0.1, 0.15) is 0 Å². The second kappa shape index (κ2) is 5.48. The SMILES string of the molecule is CC(NCc1ccc(Cl)cc1)c1cccs1. The lowest BCUT2D eigenvalue weighted by Crippen LogP contribution is -2.16. The van der Waals surface area contributed by atoms with Gasteiger partial charge in [-0.3, -0.25) is 0 Å². The van der Waals surface area contributed by atoms with Crippen LogP contribution in [0.1, 0.15) is 23.4 Å². The Morgan fingerprint density at radius 3 is 2.62 bits per heavy atom. The van der Waals surface area contributed by atoms with Gasteiger partial charge in [-0.15, -0.1) is 11.3 Å². The maximum Gasteiger partial charge on any atom is 0.0406 e. The van der Waals surface area contributed by atoms with Crippen LogP contribution in [-0.2, 0) is 6.54 Å². The number of hydrogen-bond acceptors (Lipinski definition) is 2. The van der Waals surface area contributed by atoms with Crippen LogP contribution in [-0.4, -0.2) is 0 Å². The van der Waals surface area contributed by atoms with Gasteiger partial charge in [-0.05, 0) is 36.1 Å². The molecule has 1 heterocycles. The molecule has 1 N–H and O–H groups in total. The number of benzene rings is 1. The number of hydrogen-bond donors (Lipinski definition) is 1. The zero-order valence-corrected chi connectivity index (χ0v) is 10.7. The quantitative estimate of drug-likeness (QED) is 0.857. The van der Waals surface area contributed by atoms with Crippen LogP contribution in [0.5, 0.6) is 0 Å². The van der Waals surface area contributed by atoms with E-state index in [9.17, 15) is 0 Å².